The van der Waals surface area contributed by atoms with Crippen LogP contribution >= 0.6 is 0 Å². The lowest BCUT2D eigenvalue weighted by Crippen LogP contribution is -2.29. The van der Waals surface area contributed by atoms with Gasteiger partial charge in [-0.05, 0) is 76.6 Å². The molecule has 2 N–H and O–H groups in total. The van der Waals surface area contributed by atoms with Crippen molar-refractivity contribution < 1.29 is 0 Å². The van der Waals surface area contributed by atoms with Crippen molar-refractivity contribution in [1.82, 2.24) is 0 Å². The minimum Gasteiger partial charge on any atom is -0.399 e. The van der Waals surface area contributed by atoms with Gasteiger partial charge in [-0.2, -0.15) is 0 Å². The lowest BCUT2D eigenvalue weighted by molar-refractivity contribution is 0.725. The van der Waals surface area contributed by atoms with Crippen LogP contribution in [0.1, 0.15) is 25.0 Å². The number of fused-ring (bicyclic) bond motifs is 3. The minimum atomic E-state index is -0.431. The van der Waals surface area contributed by atoms with E-state index >= 15 is 0 Å². The molecule has 3 aromatic carbocycles. The molecule has 148 valence electrons. The smallest absolute Gasteiger partial charge is 0.0634 e. The monoisotopic (exact) mass is 389 g/mol. The summed E-state index contributed by atoms with van der Waals surface area (Å²) in [6.07, 6.45) is 3.77. The van der Waals surface area contributed by atoms with E-state index in [0.29, 0.717) is 0 Å². The number of allylic oxidation sites excluding steroid dienone is 5. The van der Waals surface area contributed by atoms with Crippen LogP contribution in [0, 0.1) is 0 Å². The molecule has 0 radical (unpaired) electrons. The lowest BCUT2D eigenvalue weighted by atomic mass is 9.66. The number of anilines is 1. The SMILES string of the molecule is C=CC(C=C)=C(C)C1(C(=C)C)c2ccccc2-c2ccc(-c3cccc(N)c3)cc21. The van der Waals surface area contributed by atoms with Crippen molar-refractivity contribution in [2.75, 3.05) is 5.73 Å². The van der Waals surface area contributed by atoms with Crippen LogP contribution in [0.5, 0.6) is 0 Å². The molecule has 0 fully saturated rings. The van der Waals surface area contributed by atoms with Gasteiger partial charge in [0.1, 0.15) is 0 Å². The lowest BCUT2D eigenvalue weighted by Gasteiger charge is -2.35. The number of hydrogen-bond acceptors (Lipinski definition) is 1. The molecule has 30 heavy (non-hydrogen) atoms. The van der Waals surface area contributed by atoms with Crippen molar-refractivity contribution in [2.24, 2.45) is 0 Å². The molecular formula is C29H27N. The van der Waals surface area contributed by atoms with Crippen molar-refractivity contribution in [2.45, 2.75) is 19.3 Å². The van der Waals surface area contributed by atoms with Crippen molar-refractivity contribution in [1.29, 1.82) is 0 Å². The summed E-state index contributed by atoms with van der Waals surface area (Å²) in [5.41, 5.74) is 17.0. The number of nitrogen functional groups attached to an aromatic ring is 1. The average Bonchev–Trinajstić information content (AvgIpc) is 3.05. The maximum atomic E-state index is 6.06. The zero-order valence-corrected chi connectivity index (χ0v) is 17.7. The summed E-state index contributed by atoms with van der Waals surface area (Å²) < 4.78 is 0. The van der Waals surface area contributed by atoms with Crippen molar-refractivity contribution in [3.8, 4) is 22.3 Å². The Morgan fingerprint density at radius 3 is 2.13 bits per heavy atom. The highest BCUT2D eigenvalue weighted by atomic mass is 14.5. The molecule has 4 rings (SSSR count). The standard InChI is InChI=1S/C29H27N/c1-6-21(7-2)20(5)29(19(3)4)27-14-9-8-13-25(27)26-16-15-23(18-28(26)29)22-11-10-12-24(30)17-22/h6-18H,1-3,30H2,4-5H3. The third-order valence-corrected chi connectivity index (χ3v) is 6.34. The number of rotatable bonds is 5. The third kappa shape index (κ3) is 2.70. The van der Waals surface area contributed by atoms with E-state index in [0.717, 1.165) is 28.0 Å². The second-order valence-electron chi connectivity index (χ2n) is 7.95. The fraction of sp³-hybridized carbons (Fsp3) is 0.103. The van der Waals surface area contributed by atoms with Gasteiger partial charge < -0.3 is 5.73 Å². The quantitative estimate of drug-likeness (QED) is 0.273. The highest BCUT2D eigenvalue weighted by Crippen LogP contribution is 2.57. The second kappa shape index (κ2) is 7.35. The van der Waals surface area contributed by atoms with Crippen LogP contribution in [0.3, 0.4) is 0 Å². The molecule has 0 heterocycles. The summed E-state index contributed by atoms with van der Waals surface area (Å²) in [5, 5.41) is 0. The van der Waals surface area contributed by atoms with Gasteiger partial charge >= 0.3 is 0 Å². The average molecular weight is 390 g/mol. The molecule has 1 aliphatic carbocycles. The second-order valence-corrected chi connectivity index (χ2v) is 7.95. The zero-order valence-electron chi connectivity index (χ0n) is 17.7. The molecule has 0 saturated carbocycles. The van der Waals surface area contributed by atoms with E-state index in [2.05, 4.69) is 82.1 Å². The van der Waals surface area contributed by atoms with Gasteiger partial charge in [0.05, 0.1) is 5.41 Å². The summed E-state index contributed by atoms with van der Waals surface area (Å²) in [7, 11) is 0. The normalized spacial score (nSPS) is 16.3. The number of nitrogens with two attached hydrogens (primary N) is 1. The molecule has 0 saturated heterocycles. The van der Waals surface area contributed by atoms with Gasteiger partial charge in [-0.3, -0.25) is 0 Å². The van der Waals surface area contributed by atoms with E-state index in [-0.39, 0.29) is 0 Å². The van der Waals surface area contributed by atoms with Gasteiger partial charge in [-0.25, -0.2) is 0 Å². The first-order valence-electron chi connectivity index (χ1n) is 10.2. The Morgan fingerprint density at radius 2 is 1.47 bits per heavy atom. The van der Waals surface area contributed by atoms with Crippen molar-refractivity contribution in [3.05, 3.63) is 126 Å². The van der Waals surface area contributed by atoms with E-state index < -0.39 is 5.41 Å². The predicted molar refractivity (Wildman–Crippen MR) is 130 cm³/mol. The largest absolute Gasteiger partial charge is 0.399 e. The number of benzene rings is 3. The van der Waals surface area contributed by atoms with Crippen molar-refractivity contribution in [3.63, 3.8) is 0 Å². The van der Waals surface area contributed by atoms with Crippen LogP contribution in [0.25, 0.3) is 22.3 Å². The van der Waals surface area contributed by atoms with Crippen LogP contribution in [-0.2, 0) is 5.41 Å². The van der Waals surface area contributed by atoms with Crippen LogP contribution < -0.4 is 5.73 Å². The molecule has 0 aliphatic heterocycles. The molecule has 0 spiro atoms. The topological polar surface area (TPSA) is 26.0 Å². The molecule has 1 nitrogen and oxygen atoms in total. The third-order valence-electron chi connectivity index (χ3n) is 6.34. The van der Waals surface area contributed by atoms with Crippen LogP contribution in [0.15, 0.2) is 115 Å². The van der Waals surface area contributed by atoms with E-state index in [1.54, 1.807) is 0 Å². The summed E-state index contributed by atoms with van der Waals surface area (Å²) >= 11 is 0. The summed E-state index contributed by atoms with van der Waals surface area (Å²) in [6.45, 7) is 16.8. The van der Waals surface area contributed by atoms with E-state index in [9.17, 15) is 0 Å². The Morgan fingerprint density at radius 1 is 0.800 bits per heavy atom. The van der Waals surface area contributed by atoms with Crippen molar-refractivity contribution >= 4 is 5.69 Å². The maximum absolute atomic E-state index is 6.06. The fourth-order valence-electron chi connectivity index (χ4n) is 4.97. The summed E-state index contributed by atoms with van der Waals surface area (Å²) in [6, 6.07) is 23.4. The summed E-state index contributed by atoms with van der Waals surface area (Å²) in [4.78, 5) is 0. The Labute approximate surface area is 179 Å². The number of hydrogen-bond donors (Lipinski definition) is 1. The van der Waals surface area contributed by atoms with Gasteiger partial charge in [0, 0.05) is 5.69 Å². The molecule has 0 amide bonds. The van der Waals surface area contributed by atoms with Gasteiger partial charge in [0.25, 0.3) is 0 Å². The van der Waals surface area contributed by atoms with E-state index in [1.807, 2.05) is 30.4 Å². The minimum absolute atomic E-state index is 0.431. The Hall–Kier alpha value is -3.58. The van der Waals surface area contributed by atoms with Crippen LogP contribution in [0.2, 0.25) is 0 Å². The first-order valence-corrected chi connectivity index (χ1v) is 10.2. The maximum Gasteiger partial charge on any atom is 0.0634 e. The fourth-order valence-corrected chi connectivity index (χ4v) is 4.97. The first kappa shape index (κ1) is 19.7. The molecule has 1 atom stereocenters. The van der Waals surface area contributed by atoms with Gasteiger partial charge in [0.15, 0.2) is 0 Å². The Bertz CT molecular complexity index is 1210. The Balaban J connectivity index is 2.11. The van der Waals surface area contributed by atoms with E-state index in [4.69, 9.17) is 5.73 Å². The molecule has 3 aromatic rings. The van der Waals surface area contributed by atoms with E-state index in [1.165, 1.54) is 27.8 Å². The molecule has 0 aromatic heterocycles. The first-order chi connectivity index (χ1) is 14.4. The highest BCUT2D eigenvalue weighted by molar-refractivity contribution is 5.88. The van der Waals surface area contributed by atoms with Gasteiger partial charge in [-0.1, -0.05) is 86.0 Å². The summed E-state index contributed by atoms with van der Waals surface area (Å²) in [5.74, 6) is 0. The molecule has 1 heteroatoms. The van der Waals surface area contributed by atoms with Gasteiger partial charge in [-0.15, -0.1) is 0 Å². The van der Waals surface area contributed by atoms with Crippen LogP contribution in [0.4, 0.5) is 5.69 Å². The molecular weight excluding hydrogens is 362 g/mol. The molecule has 0 bridgehead atoms. The van der Waals surface area contributed by atoms with Gasteiger partial charge in [0.2, 0.25) is 0 Å². The zero-order chi connectivity index (χ0) is 21.5. The molecule has 1 unspecified atom stereocenters. The Kier molecular flexibility index (Phi) is 4.83. The van der Waals surface area contributed by atoms with Crippen LogP contribution in [-0.4, -0.2) is 0 Å². The molecule has 1 aliphatic rings. The highest BCUT2D eigenvalue weighted by Gasteiger charge is 2.45. The predicted octanol–water partition coefficient (Wildman–Crippen LogP) is 7.47.